The van der Waals surface area contributed by atoms with Gasteiger partial charge in [0.15, 0.2) is 0 Å². The molecule has 1 aromatic heterocycles. The highest BCUT2D eigenvalue weighted by atomic mass is 127. The topological polar surface area (TPSA) is 82.6 Å². The quantitative estimate of drug-likeness (QED) is 0.365. The summed E-state index contributed by atoms with van der Waals surface area (Å²) in [5, 5.41) is 0. The largest absolute Gasteiger partial charge is 0.379 e. The maximum absolute atomic E-state index is 11.8. The number of aromatic amines is 1. The summed E-state index contributed by atoms with van der Waals surface area (Å²) in [4.78, 5) is 25.4. The van der Waals surface area contributed by atoms with Gasteiger partial charge in [-0.3, -0.25) is 14.3 Å². The normalized spacial score (nSPS) is 11.3. The molecular weight excluding hydrogens is 427 g/mol. The third-order valence-electron chi connectivity index (χ3n) is 3.31. The van der Waals surface area contributed by atoms with Crippen molar-refractivity contribution in [2.45, 2.75) is 52.4 Å². The molecule has 1 heterocycles. The Labute approximate surface area is 155 Å². The lowest BCUT2D eigenvalue weighted by molar-refractivity contribution is -0.0833. The van der Waals surface area contributed by atoms with Crippen LogP contribution in [0.5, 0.6) is 0 Å². The van der Waals surface area contributed by atoms with Gasteiger partial charge in [0.25, 0.3) is 5.56 Å². The third kappa shape index (κ3) is 8.41. The highest BCUT2D eigenvalue weighted by Gasteiger charge is 2.11. The van der Waals surface area contributed by atoms with Gasteiger partial charge < -0.3 is 14.2 Å². The van der Waals surface area contributed by atoms with E-state index in [1.165, 1.54) is 10.8 Å². The van der Waals surface area contributed by atoms with Gasteiger partial charge in [-0.1, -0.05) is 26.7 Å². The summed E-state index contributed by atoms with van der Waals surface area (Å²) in [6.07, 6.45) is 5.37. The van der Waals surface area contributed by atoms with Gasteiger partial charge >= 0.3 is 5.69 Å². The van der Waals surface area contributed by atoms with Crippen molar-refractivity contribution in [2.75, 3.05) is 26.4 Å². The fraction of sp³-hybridized carbons (Fsp3) is 0.750. The third-order valence-corrected chi connectivity index (χ3v) is 4.08. The fourth-order valence-electron chi connectivity index (χ4n) is 1.83. The Hall–Kier alpha value is -0.710. The van der Waals surface area contributed by atoms with Crippen molar-refractivity contribution in [3.8, 4) is 0 Å². The van der Waals surface area contributed by atoms with Crippen LogP contribution in [0, 0.1) is 3.57 Å². The van der Waals surface area contributed by atoms with E-state index in [0.717, 1.165) is 25.7 Å². The molecule has 0 aliphatic carbocycles. The van der Waals surface area contributed by atoms with Crippen LogP contribution in [0.25, 0.3) is 0 Å². The van der Waals surface area contributed by atoms with E-state index in [2.05, 4.69) is 18.8 Å². The number of hydrogen-bond donors (Lipinski definition) is 1. The number of nitrogens with one attached hydrogen (secondary N) is 1. The van der Waals surface area contributed by atoms with E-state index < -0.39 is 5.69 Å². The number of halogens is 1. The van der Waals surface area contributed by atoms with Crippen LogP contribution in [0.3, 0.4) is 0 Å². The summed E-state index contributed by atoms with van der Waals surface area (Å²) in [6, 6.07) is 0. The van der Waals surface area contributed by atoms with Gasteiger partial charge in [0.2, 0.25) is 0 Å². The van der Waals surface area contributed by atoms with Gasteiger partial charge in [0.1, 0.15) is 12.8 Å². The lowest BCUT2D eigenvalue weighted by Crippen LogP contribution is -2.34. The standard InChI is InChI=1S/C16H27IN2O5/c1-3-5-7-22-10-13(11-23-8-6-4-2)24-12-19-9-14(17)15(20)18-16(19)21/h9,13H,3-8,10-12H2,1-2H3,(H,18,20,21). The first-order chi connectivity index (χ1) is 11.6. The number of nitrogens with zero attached hydrogens (tertiary/aromatic N) is 1. The van der Waals surface area contributed by atoms with Crippen LogP contribution < -0.4 is 11.2 Å². The van der Waals surface area contributed by atoms with E-state index in [1.54, 1.807) is 0 Å². The van der Waals surface area contributed by atoms with Crippen molar-refractivity contribution < 1.29 is 14.2 Å². The molecule has 0 amide bonds. The smallest absolute Gasteiger partial charge is 0.330 e. The van der Waals surface area contributed by atoms with Crippen molar-refractivity contribution in [1.29, 1.82) is 0 Å². The summed E-state index contributed by atoms with van der Waals surface area (Å²) < 4.78 is 18.7. The summed E-state index contributed by atoms with van der Waals surface area (Å²) >= 11 is 1.88. The predicted octanol–water partition coefficient (Wildman–Crippen LogP) is 2.12. The SMILES string of the molecule is CCCCOCC(COCCCC)OCn1cc(I)c(=O)[nH]c1=O. The molecule has 7 nitrogen and oxygen atoms in total. The molecule has 1 rings (SSSR count). The Morgan fingerprint density at radius 1 is 1.12 bits per heavy atom. The molecule has 0 radical (unpaired) electrons. The van der Waals surface area contributed by atoms with Crippen LogP contribution in [-0.2, 0) is 20.9 Å². The summed E-state index contributed by atoms with van der Waals surface area (Å²) in [5.74, 6) is 0. The zero-order valence-corrected chi connectivity index (χ0v) is 16.5. The summed E-state index contributed by atoms with van der Waals surface area (Å²) in [5.41, 5.74) is -0.878. The first-order valence-corrected chi connectivity index (χ1v) is 9.42. The number of aromatic nitrogens is 2. The van der Waals surface area contributed by atoms with Crippen molar-refractivity contribution in [3.05, 3.63) is 30.6 Å². The summed E-state index contributed by atoms with van der Waals surface area (Å²) in [6.45, 7) is 6.46. The zero-order chi connectivity index (χ0) is 17.8. The van der Waals surface area contributed by atoms with E-state index in [9.17, 15) is 9.59 Å². The molecule has 0 fully saturated rings. The van der Waals surface area contributed by atoms with Crippen LogP contribution in [0.4, 0.5) is 0 Å². The van der Waals surface area contributed by atoms with Crippen LogP contribution in [0.1, 0.15) is 39.5 Å². The lowest BCUT2D eigenvalue weighted by atomic mass is 10.3. The molecule has 0 bridgehead atoms. The average Bonchev–Trinajstić information content (AvgIpc) is 2.56. The molecule has 1 aromatic rings. The minimum atomic E-state index is -0.488. The predicted molar refractivity (Wildman–Crippen MR) is 100 cm³/mol. The molecule has 24 heavy (non-hydrogen) atoms. The second-order valence-electron chi connectivity index (χ2n) is 5.48. The van der Waals surface area contributed by atoms with Gasteiger partial charge in [-0.15, -0.1) is 0 Å². The van der Waals surface area contributed by atoms with Crippen molar-refractivity contribution >= 4 is 22.6 Å². The molecule has 0 atom stereocenters. The van der Waals surface area contributed by atoms with E-state index in [-0.39, 0.29) is 18.4 Å². The van der Waals surface area contributed by atoms with E-state index in [1.807, 2.05) is 22.6 Å². The van der Waals surface area contributed by atoms with Gasteiger partial charge in [-0.05, 0) is 35.4 Å². The zero-order valence-electron chi connectivity index (χ0n) is 14.4. The van der Waals surface area contributed by atoms with Crippen molar-refractivity contribution in [1.82, 2.24) is 9.55 Å². The van der Waals surface area contributed by atoms with Crippen LogP contribution >= 0.6 is 22.6 Å². The highest BCUT2D eigenvalue weighted by molar-refractivity contribution is 14.1. The fourth-order valence-corrected chi connectivity index (χ4v) is 2.30. The number of hydrogen-bond acceptors (Lipinski definition) is 5. The van der Waals surface area contributed by atoms with Crippen LogP contribution in [0.15, 0.2) is 15.8 Å². The minimum Gasteiger partial charge on any atom is -0.379 e. The molecule has 0 saturated heterocycles. The second kappa shape index (κ2) is 12.6. The van der Waals surface area contributed by atoms with Gasteiger partial charge in [0.05, 0.1) is 16.8 Å². The Balaban J connectivity index is 2.54. The molecule has 0 aliphatic heterocycles. The Bertz CT molecular complexity index is 560. The molecule has 138 valence electrons. The van der Waals surface area contributed by atoms with Crippen molar-refractivity contribution in [2.24, 2.45) is 0 Å². The number of unbranched alkanes of at least 4 members (excludes halogenated alkanes) is 2. The number of ether oxygens (including phenoxy) is 3. The molecule has 8 heteroatoms. The maximum atomic E-state index is 11.8. The highest BCUT2D eigenvalue weighted by Crippen LogP contribution is 2.01. The van der Waals surface area contributed by atoms with Crippen molar-refractivity contribution in [3.63, 3.8) is 0 Å². The van der Waals surface area contributed by atoms with Gasteiger partial charge in [-0.25, -0.2) is 4.79 Å². The Morgan fingerprint density at radius 3 is 2.25 bits per heavy atom. The molecular formula is C16H27IN2O5. The Kier molecular flexibility index (Phi) is 11.2. The van der Waals surface area contributed by atoms with E-state index in [4.69, 9.17) is 14.2 Å². The molecule has 0 unspecified atom stereocenters. The first-order valence-electron chi connectivity index (χ1n) is 8.34. The van der Waals surface area contributed by atoms with Crippen LogP contribution in [-0.4, -0.2) is 42.1 Å². The number of H-pyrrole nitrogens is 1. The lowest BCUT2D eigenvalue weighted by Gasteiger charge is -2.19. The Morgan fingerprint density at radius 2 is 1.71 bits per heavy atom. The average molecular weight is 454 g/mol. The monoisotopic (exact) mass is 454 g/mol. The molecule has 0 saturated carbocycles. The van der Waals surface area contributed by atoms with E-state index in [0.29, 0.717) is 30.0 Å². The van der Waals surface area contributed by atoms with Gasteiger partial charge in [-0.2, -0.15) is 0 Å². The second-order valence-corrected chi connectivity index (χ2v) is 6.64. The number of rotatable bonds is 13. The van der Waals surface area contributed by atoms with Gasteiger partial charge in [0, 0.05) is 19.4 Å². The molecule has 1 N–H and O–H groups in total. The molecule has 0 aromatic carbocycles. The summed E-state index contributed by atoms with van der Waals surface area (Å²) in [7, 11) is 0. The van der Waals surface area contributed by atoms with Crippen LogP contribution in [0.2, 0.25) is 0 Å². The first kappa shape index (κ1) is 21.3. The minimum absolute atomic E-state index is 0.0462. The molecule has 0 spiro atoms. The molecule has 0 aliphatic rings. The maximum Gasteiger partial charge on any atom is 0.330 e. The van der Waals surface area contributed by atoms with E-state index >= 15 is 0 Å².